The molecule has 1 aliphatic rings. The van der Waals surface area contributed by atoms with Crippen LogP contribution in [0.15, 0.2) is 18.2 Å². The van der Waals surface area contributed by atoms with Crippen LogP contribution in [0.1, 0.15) is 33.1 Å². The van der Waals surface area contributed by atoms with Crippen LogP contribution in [0.4, 0.5) is 5.69 Å². The van der Waals surface area contributed by atoms with Crippen molar-refractivity contribution < 1.29 is 23.9 Å². The van der Waals surface area contributed by atoms with Crippen molar-refractivity contribution in [2.24, 2.45) is 5.73 Å². The Morgan fingerprint density at radius 1 is 1.13 bits per heavy atom. The summed E-state index contributed by atoms with van der Waals surface area (Å²) < 4.78 is 11.1. The minimum absolute atomic E-state index is 0.0258. The second-order valence-corrected chi connectivity index (χ2v) is 7.25. The molecule has 0 aromatic heterocycles. The lowest BCUT2D eigenvalue weighted by Gasteiger charge is -2.34. The number of benzene rings is 1. The van der Waals surface area contributed by atoms with Gasteiger partial charge in [-0.3, -0.25) is 19.3 Å². The predicted octanol–water partition coefficient (Wildman–Crippen LogP) is 1.22. The van der Waals surface area contributed by atoms with Gasteiger partial charge in [-0.25, -0.2) is 0 Å². The van der Waals surface area contributed by atoms with Crippen molar-refractivity contribution in [1.82, 2.24) is 9.80 Å². The third-order valence-electron chi connectivity index (χ3n) is 4.80. The molecule has 9 heteroatoms. The molecule has 1 aromatic carbocycles. The van der Waals surface area contributed by atoms with Gasteiger partial charge in [0.25, 0.3) is 0 Å². The quantitative estimate of drug-likeness (QED) is 0.588. The Bertz CT molecular complexity index is 755. The summed E-state index contributed by atoms with van der Waals surface area (Å²) >= 11 is 0. The fourth-order valence-corrected chi connectivity index (χ4v) is 3.48. The van der Waals surface area contributed by atoms with Gasteiger partial charge in [0.2, 0.25) is 17.7 Å². The van der Waals surface area contributed by atoms with E-state index in [1.807, 2.05) is 13.8 Å². The highest BCUT2D eigenvalue weighted by Crippen LogP contribution is 2.30. The molecule has 0 spiro atoms. The Labute approximate surface area is 177 Å². The van der Waals surface area contributed by atoms with Crippen LogP contribution in [0.25, 0.3) is 0 Å². The predicted molar refractivity (Wildman–Crippen MR) is 113 cm³/mol. The molecule has 0 aliphatic carbocycles. The van der Waals surface area contributed by atoms with Crippen molar-refractivity contribution in [3.05, 3.63) is 18.2 Å². The Morgan fingerprint density at radius 2 is 1.83 bits per heavy atom. The van der Waals surface area contributed by atoms with Gasteiger partial charge in [0.15, 0.2) is 11.5 Å². The highest BCUT2D eigenvalue weighted by atomic mass is 16.5. The van der Waals surface area contributed by atoms with Gasteiger partial charge in [-0.1, -0.05) is 0 Å². The summed E-state index contributed by atoms with van der Waals surface area (Å²) in [7, 11) is 1.69. The van der Waals surface area contributed by atoms with Gasteiger partial charge in [-0.2, -0.15) is 0 Å². The number of carbonyl (C=O) groups is 3. The standard InChI is InChI=1S/C21H32N4O5/c1-4-29-17-10-9-15(12-18(17)30-5-2)23-19(26)13-24(3)14-20(27)25-11-7-6-8-16(25)21(22)28/h9-10,12,16H,4-8,11,13-14H2,1-3H3,(H2,22,28)(H,23,26)/t16-/m0/s1. The monoisotopic (exact) mass is 420 g/mol. The fourth-order valence-electron chi connectivity index (χ4n) is 3.48. The zero-order valence-electron chi connectivity index (χ0n) is 18.0. The van der Waals surface area contributed by atoms with E-state index in [1.54, 1.807) is 30.1 Å². The van der Waals surface area contributed by atoms with Crippen LogP contribution in [-0.2, 0) is 14.4 Å². The maximum absolute atomic E-state index is 12.6. The number of nitrogens with zero attached hydrogens (tertiary/aromatic N) is 2. The first-order chi connectivity index (χ1) is 14.3. The Kier molecular flexibility index (Phi) is 8.91. The highest BCUT2D eigenvalue weighted by Gasteiger charge is 2.31. The number of likely N-dealkylation sites (tertiary alicyclic amines) is 1. The van der Waals surface area contributed by atoms with E-state index < -0.39 is 11.9 Å². The third-order valence-corrected chi connectivity index (χ3v) is 4.80. The van der Waals surface area contributed by atoms with Crippen molar-refractivity contribution in [3.63, 3.8) is 0 Å². The van der Waals surface area contributed by atoms with Crippen LogP contribution >= 0.6 is 0 Å². The van der Waals surface area contributed by atoms with Gasteiger partial charge in [-0.15, -0.1) is 0 Å². The molecule has 0 unspecified atom stereocenters. The van der Waals surface area contributed by atoms with E-state index in [1.165, 1.54) is 4.90 Å². The average molecular weight is 421 g/mol. The van der Waals surface area contributed by atoms with Crippen LogP contribution in [0.2, 0.25) is 0 Å². The number of carbonyl (C=O) groups excluding carboxylic acids is 3. The number of hydrogen-bond acceptors (Lipinski definition) is 6. The van der Waals surface area contributed by atoms with Gasteiger partial charge in [0.1, 0.15) is 6.04 Å². The van der Waals surface area contributed by atoms with Gasteiger partial charge in [0, 0.05) is 18.3 Å². The summed E-state index contributed by atoms with van der Waals surface area (Å²) in [5.74, 6) is 0.230. The molecule has 3 N–H and O–H groups in total. The molecule has 166 valence electrons. The van der Waals surface area contributed by atoms with Gasteiger partial charge in [0.05, 0.1) is 26.3 Å². The Balaban J connectivity index is 1.91. The van der Waals surface area contributed by atoms with Crippen molar-refractivity contribution in [2.45, 2.75) is 39.2 Å². The smallest absolute Gasteiger partial charge is 0.240 e. The summed E-state index contributed by atoms with van der Waals surface area (Å²) in [6.07, 6.45) is 2.31. The highest BCUT2D eigenvalue weighted by molar-refractivity contribution is 5.93. The van der Waals surface area contributed by atoms with Crippen LogP contribution in [0.3, 0.4) is 0 Å². The number of likely N-dealkylation sites (N-methyl/N-ethyl adjacent to an activating group) is 1. The number of nitrogens with two attached hydrogens (primary N) is 1. The number of amides is 3. The van der Waals surface area contributed by atoms with E-state index in [0.717, 1.165) is 12.8 Å². The largest absolute Gasteiger partial charge is 0.490 e. The summed E-state index contributed by atoms with van der Waals surface area (Å²) in [5, 5.41) is 2.81. The maximum atomic E-state index is 12.6. The zero-order chi connectivity index (χ0) is 22.1. The van der Waals surface area contributed by atoms with Crippen molar-refractivity contribution in [3.8, 4) is 11.5 Å². The Hall–Kier alpha value is -2.81. The molecule has 1 atom stereocenters. The number of hydrogen-bond donors (Lipinski definition) is 2. The topological polar surface area (TPSA) is 114 Å². The molecular weight excluding hydrogens is 388 g/mol. The first-order valence-electron chi connectivity index (χ1n) is 10.3. The molecule has 2 rings (SSSR count). The van der Waals surface area contributed by atoms with Crippen LogP contribution < -0.4 is 20.5 Å². The number of anilines is 1. The van der Waals surface area contributed by atoms with E-state index >= 15 is 0 Å². The van der Waals surface area contributed by atoms with Gasteiger partial charge in [-0.05, 0) is 52.3 Å². The van der Waals surface area contributed by atoms with Crippen LogP contribution in [-0.4, -0.2) is 73.5 Å². The van der Waals surface area contributed by atoms with E-state index in [9.17, 15) is 14.4 Å². The molecule has 0 bridgehead atoms. The SMILES string of the molecule is CCOc1ccc(NC(=O)CN(C)CC(=O)N2CCCC[C@H]2C(N)=O)cc1OCC. The van der Waals surface area contributed by atoms with E-state index in [2.05, 4.69) is 5.32 Å². The molecule has 0 radical (unpaired) electrons. The second-order valence-electron chi connectivity index (χ2n) is 7.25. The number of piperidine rings is 1. The molecule has 30 heavy (non-hydrogen) atoms. The molecule has 1 aliphatic heterocycles. The lowest BCUT2D eigenvalue weighted by molar-refractivity contribution is -0.141. The first kappa shape index (κ1) is 23.5. The normalized spacial score (nSPS) is 16.3. The minimum atomic E-state index is -0.561. The molecule has 1 aromatic rings. The molecule has 3 amide bonds. The zero-order valence-corrected chi connectivity index (χ0v) is 18.0. The number of primary amides is 1. The Morgan fingerprint density at radius 3 is 2.50 bits per heavy atom. The fraction of sp³-hybridized carbons (Fsp3) is 0.571. The molecule has 1 heterocycles. The van der Waals surface area contributed by atoms with Crippen molar-refractivity contribution in [1.29, 1.82) is 0 Å². The summed E-state index contributed by atoms with van der Waals surface area (Å²) in [4.78, 5) is 39.8. The van der Waals surface area contributed by atoms with Crippen molar-refractivity contribution >= 4 is 23.4 Å². The molecular formula is C21H32N4O5. The number of rotatable bonds is 10. The second kappa shape index (κ2) is 11.4. The molecule has 0 saturated carbocycles. The summed E-state index contributed by atoms with van der Waals surface area (Å²) in [6.45, 7) is 5.32. The molecule has 1 fully saturated rings. The van der Waals surface area contributed by atoms with Gasteiger partial charge >= 0.3 is 0 Å². The maximum Gasteiger partial charge on any atom is 0.240 e. The van der Waals surface area contributed by atoms with Crippen LogP contribution in [0, 0.1) is 0 Å². The first-order valence-corrected chi connectivity index (χ1v) is 10.3. The van der Waals surface area contributed by atoms with E-state index in [-0.39, 0.29) is 24.9 Å². The van der Waals surface area contributed by atoms with Gasteiger partial charge < -0.3 is 25.4 Å². The molecule has 1 saturated heterocycles. The van der Waals surface area contributed by atoms with Crippen LogP contribution in [0.5, 0.6) is 11.5 Å². The lowest BCUT2D eigenvalue weighted by atomic mass is 10.0. The summed E-state index contributed by atoms with van der Waals surface area (Å²) in [5.41, 5.74) is 6.01. The molecule has 9 nitrogen and oxygen atoms in total. The third kappa shape index (κ3) is 6.62. The van der Waals surface area contributed by atoms with E-state index in [0.29, 0.717) is 43.4 Å². The number of ether oxygens (including phenoxy) is 2. The van der Waals surface area contributed by atoms with Crippen molar-refractivity contribution in [2.75, 3.05) is 45.2 Å². The minimum Gasteiger partial charge on any atom is -0.490 e. The lowest BCUT2D eigenvalue weighted by Crippen LogP contribution is -2.53. The number of nitrogens with one attached hydrogen (secondary N) is 1. The van der Waals surface area contributed by atoms with E-state index in [4.69, 9.17) is 15.2 Å². The summed E-state index contributed by atoms with van der Waals surface area (Å²) in [6, 6.07) is 4.64. The average Bonchev–Trinajstić information content (AvgIpc) is 2.70.